The van der Waals surface area contributed by atoms with Crippen molar-refractivity contribution in [2.45, 2.75) is 25.4 Å². The van der Waals surface area contributed by atoms with E-state index in [1.54, 1.807) is 7.11 Å². The van der Waals surface area contributed by atoms with Crippen LogP contribution in [0.4, 0.5) is 0 Å². The van der Waals surface area contributed by atoms with Crippen molar-refractivity contribution in [2.24, 2.45) is 0 Å². The van der Waals surface area contributed by atoms with E-state index in [0.717, 1.165) is 17.6 Å². The molecule has 4 nitrogen and oxygen atoms in total. The van der Waals surface area contributed by atoms with Crippen LogP contribution in [0.3, 0.4) is 0 Å². The van der Waals surface area contributed by atoms with Crippen LogP contribution >= 0.6 is 11.3 Å². The fourth-order valence-electron chi connectivity index (χ4n) is 0.911. The van der Waals surface area contributed by atoms with E-state index in [1.807, 2.05) is 0 Å². The summed E-state index contributed by atoms with van der Waals surface area (Å²) in [5.41, 5.74) is 0. The van der Waals surface area contributed by atoms with Crippen LogP contribution in [0, 0.1) is 0 Å². The number of hydrogen-bond acceptors (Lipinski definition) is 5. The van der Waals surface area contributed by atoms with Gasteiger partial charge in [-0.1, -0.05) is 11.3 Å². The first-order valence-corrected chi connectivity index (χ1v) is 4.80. The minimum absolute atomic E-state index is 0.641. The number of ether oxygens (including phenoxy) is 1. The molecule has 1 aliphatic rings. The van der Waals surface area contributed by atoms with Crippen molar-refractivity contribution in [2.75, 3.05) is 7.11 Å². The van der Waals surface area contributed by atoms with Crippen molar-refractivity contribution in [1.82, 2.24) is 15.5 Å². The Morgan fingerprint density at radius 2 is 2.42 bits per heavy atom. The maximum Gasteiger partial charge on any atom is 0.293 e. The van der Waals surface area contributed by atoms with Gasteiger partial charge in [-0.15, -0.1) is 10.2 Å². The summed E-state index contributed by atoms with van der Waals surface area (Å²) in [6, 6.07) is 0.722. The fourth-order valence-corrected chi connectivity index (χ4v) is 1.51. The van der Waals surface area contributed by atoms with Gasteiger partial charge in [-0.3, -0.25) is 0 Å². The van der Waals surface area contributed by atoms with Gasteiger partial charge in [-0.25, -0.2) is 0 Å². The normalized spacial score (nSPS) is 16.4. The van der Waals surface area contributed by atoms with Gasteiger partial charge >= 0.3 is 0 Å². The number of hydrogen-bond donors (Lipinski definition) is 1. The third-order valence-corrected chi connectivity index (χ3v) is 2.63. The molecule has 0 spiro atoms. The highest BCUT2D eigenvalue weighted by atomic mass is 32.1. The van der Waals surface area contributed by atoms with E-state index in [9.17, 15) is 0 Å². The maximum absolute atomic E-state index is 4.93. The molecule has 1 aromatic rings. The first-order chi connectivity index (χ1) is 5.88. The Bertz CT molecular complexity index is 259. The summed E-state index contributed by atoms with van der Waals surface area (Å²) in [4.78, 5) is 0. The predicted octanol–water partition coefficient (Wildman–Crippen LogP) is 0.799. The summed E-state index contributed by atoms with van der Waals surface area (Å²) in [6.07, 6.45) is 2.60. The van der Waals surface area contributed by atoms with Crippen LogP contribution < -0.4 is 10.1 Å². The Hall–Kier alpha value is -0.680. The summed E-state index contributed by atoms with van der Waals surface area (Å²) in [5.74, 6) is 0. The third-order valence-electron chi connectivity index (χ3n) is 1.74. The zero-order valence-electron chi connectivity index (χ0n) is 6.91. The molecule has 1 fully saturated rings. The molecule has 66 valence electrons. The van der Waals surface area contributed by atoms with Gasteiger partial charge in [-0.05, 0) is 12.8 Å². The molecule has 5 heteroatoms. The second-order valence-electron chi connectivity index (χ2n) is 2.82. The van der Waals surface area contributed by atoms with Crippen molar-refractivity contribution in [3.05, 3.63) is 5.01 Å². The molecular weight excluding hydrogens is 174 g/mol. The molecule has 1 N–H and O–H groups in total. The van der Waals surface area contributed by atoms with Crippen LogP contribution in [0.15, 0.2) is 0 Å². The molecule has 0 aromatic carbocycles. The Labute approximate surface area is 75.0 Å². The Morgan fingerprint density at radius 3 is 3.00 bits per heavy atom. The largest absolute Gasteiger partial charge is 0.472 e. The van der Waals surface area contributed by atoms with Crippen molar-refractivity contribution in [3.8, 4) is 5.19 Å². The van der Waals surface area contributed by atoms with Gasteiger partial charge in [0.15, 0.2) is 0 Å². The summed E-state index contributed by atoms with van der Waals surface area (Å²) in [6.45, 7) is 0.825. The van der Waals surface area contributed by atoms with Crippen LogP contribution in [0.2, 0.25) is 0 Å². The molecule has 1 saturated carbocycles. The van der Waals surface area contributed by atoms with E-state index in [1.165, 1.54) is 24.2 Å². The number of nitrogens with zero attached hydrogens (tertiary/aromatic N) is 2. The van der Waals surface area contributed by atoms with E-state index in [0.29, 0.717) is 5.19 Å². The van der Waals surface area contributed by atoms with Crippen molar-refractivity contribution >= 4 is 11.3 Å². The van der Waals surface area contributed by atoms with Gasteiger partial charge in [0, 0.05) is 6.04 Å². The topological polar surface area (TPSA) is 47.0 Å². The minimum Gasteiger partial charge on any atom is -0.472 e. The van der Waals surface area contributed by atoms with E-state index in [2.05, 4.69) is 15.5 Å². The van der Waals surface area contributed by atoms with E-state index in [4.69, 9.17) is 4.74 Å². The van der Waals surface area contributed by atoms with Gasteiger partial charge in [0.2, 0.25) is 0 Å². The smallest absolute Gasteiger partial charge is 0.293 e. The lowest BCUT2D eigenvalue weighted by atomic mass is 10.6. The number of rotatable bonds is 4. The fraction of sp³-hybridized carbons (Fsp3) is 0.714. The van der Waals surface area contributed by atoms with Crippen LogP contribution in [0.5, 0.6) is 5.19 Å². The average molecular weight is 185 g/mol. The van der Waals surface area contributed by atoms with E-state index >= 15 is 0 Å². The van der Waals surface area contributed by atoms with Crippen LogP contribution in [-0.2, 0) is 6.54 Å². The van der Waals surface area contributed by atoms with Crippen molar-refractivity contribution in [1.29, 1.82) is 0 Å². The van der Waals surface area contributed by atoms with Crippen LogP contribution in [0.1, 0.15) is 17.8 Å². The predicted molar refractivity (Wildman–Crippen MR) is 46.3 cm³/mol. The van der Waals surface area contributed by atoms with E-state index in [-0.39, 0.29) is 0 Å². The summed E-state index contributed by atoms with van der Waals surface area (Å²) in [7, 11) is 1.61. The Morgan fingerprint density at radius 1 is 1.58 bits per heavy atom. The van der Waals surface area contributed by atoms with E-state index < -0.39 is 0 Å². The molecule has 0 atom stereocenters. The highest BCUT2D eigenvalue weighted by Gasteiger charge is 2.20. The molecule has 0 saturated heterocycles. The highest BCUT2D eigenvalue weighted by Crippen LogP contribution is 2.21. The molecule has 0 radical (unpaired) electrons. The quantitative estimate of drug-likeness (QED) is 0.753. The van der Waals surface area contributed by atoms with Crippen molar-refractivity contribution < 1.29 is 4.74 Å². The first kappa shape index (κ1) is 7.94. The molecule has 0 bridgehead atoms. The molecule has 0 amide bonds. The lowest BCUT2D eigenvalue weighted by Gasteiger charge is -1.95. The third kappa shape index (κ3) is 1.92. The second-order valence-corrected chi connectivity index (χ2v) is 3.85. The van der Waals surface area contributed by atoms with Crippen molar-refractivity contribution in [3.63, 3.8) is 0 Å². The summed E-state index contributed by atoms with van der Waals surface area (Å²) < 4.78 is 4.93. The lowest BCUT2D eigenvalue weighted by molar-refractivity contribution is 0.407. The van der Waals surface area contributed by atoms with Gasteiger partial charge in [0.1, 0.15) is 5.01 Å². The minimum atomic E-state index is 0.641. The number of methoxy groups -OCH3 is 1. The SMILES string of the molecule is COc1nnc(CNC2CC2)s1. The maximum atomic E-state index is 4.93. The van der Waals surface area contributed by atoms with Crippen LogP contribution in [-0.4, -0.2) is 23.3 Å². The molecule has 0 aliphatic heterocycles. The molecule has 1 aromatic heterocycles. The molecule has 1 heterocycles. The molecule has 0 unspecified atom stereocenters. The zero-order chi connectivity index (χ0) is 8.39. The monoisotopic (exact) mass is 185 g/mol. The Kier molecular flexibility index (Phi) is 2.23. The molecular formula is C7H11N3OS. The van der Waals surface area contributed by atoms with Gasteiger partial charge in [-0.2, -0.15) is 0 Å². The van der Waals surface area contributed by atoms with Crippen LogP contribution in [0.25, 0.3) is 0 Å². The summed E-state index contributed by atoms with van der Waals surface area (Å²) >= 11 is 1.50. The standard InChI is InChI=1S/C7H11N3OS/c1-11-7-10-9-6(12-7)4-8-5-2-3-5/h5,8H,2-4H2,1H3. The lowest BCUT2D eigenvalue weighted by Crippen LogP contribution is -2.14. The Balaban J connectivity index is 1.84. The molecule has 2 rings (SSSR count). The first-order valence-electron chi connectivity index (χ1n) is 3.98. The molecule has 12 heavy (non-hydrogen) atoms. The van der Waals surface area contributed by atoms with Gasteiger partial charge in [0.25, 0.3) is 5.19 Å². The van der Waals surface area contributed by atoms with Gasteiger partial charge < -0.3 is 10.1 Å². The highest BCUT2D eigenvalue weighted by molar-refractivity contribution is 7.13. The zero-order valence-corrected chi connectivity index (χ0v) is 7.73. The molecule has 1 aliphatic carbocycles. The summed E-state index contributed by atoms with van der Waals surface area (Å²) in [5, 5.41) is 12.8. The van der Waals surface area contributed by atoms with Gasteiger partial charge in [0.05, 0.1) is 13.7 Å². The second kappa shape index (κ2) is 3.37. The number of nitrogens with one attached hydrogen (secondary N) is 1. The number of aromatic nitrogens is 2. The average Bonchev–Trinajstić information content (AvgIpc) is 2.81.